The summed E-state index contributed by atoms with van der Waals surface area (Å²) in [6, 6.07) is 0. The number of hydrogen-bond donors (Lipinski definition) is 0. The van der Waals surface area contributed by atoms with E-state index in [-0.39, 0.29) is 6.10 Å². The van der Waals surface area contributed by atoms with Gasteiger partial charge < -0.3 is 33.2 Å². The van der Waals surface area contributed by atoms with Gasteiger partial charge in [-0.25, -0.2) is 0 Å². The Balaban J connectivity index is 0.959. The van der Waals surface area contributed by atoms with Gasteiger partial charge in [0.2, 0.25) is 0 Å². The molecule has 3 saturated carbocycles. The normalized spacial score (nSPS) is 28.0. The number of hydrogen-bond acceptors (Lipinski definition) is 8. The Labute approximate surface area is 420 Å². The van der Waals surface area contributed by atoms with Gasteiger partial charge in [-0.3, -0.25) is 4.90 Å². The molecule has 0 aromatic heterocycles. The maximum Gasteiger partial charge on any atom is 0.0936 e. The van der Waals surface area contributed by atoms with Gasteiger partial charge in [-0.05, 0) is 136 Å². The molecule has 0 bridgehead atoms. The number of rotatable bonds is 40. The minimum absolute atomic E-state index is 0.0438. The highest BCUT2D eigenvalue weighted by Gasteiger charge is 2.57. The summed E-state index contributed by atoms with van der Waals surface area (Å²) >= 11 is 0. The molecule has 1 aliphatic heterocycles. The lowest BCUT2D eigenvalue weighted by Gasteiger charge is -2.56. The molecular formula is C60H111NO7. The minimum atomic E-state index is 0.0438. The number of morpholine rings is 1. The van der Waals surface area contributed by atoms with Gasteiger partial charge in [0, 0.05) is 26.2 Å². The molecule has 4 aliphatic rings. The molecule has 0 N–H and O–H groups in total. The molecule has 0 amide bonds. The fourth-order valence-electron chi connectivity index (χ4n) is 13.3. The first-order valence-corrected chi connectivity index (χ1v) is 29.3. The quantitative estimate of drug-likeness (QED) is 0.0444. The lowest BCUT2D eigenvalue weighted by atomic mass is 9.50. The van der Waals surface area contributed by atoms with Crippen molar-refractivity contribution in [3.05, 3.63) is 24.3 Å². The van der Waals surface area contributed by atoms with E-state index in [0.29, 0.717) is 76.4 Å². The summed E-state index contributed by atoms with van der Waals surface area (Å²) in [6.45, 7) is 28.0. The number of allylic oxidation sites excluding steroid dienone is 4. The Hall–Kier alpha value is -0.840. The standard InChI is InChI=1S/C60H111NO7/c1-8-10-11-12-13-14-15-16-17-18-19-20-21-22-23-24-38-66-50-54(49-61-36-39-62-40-37-61)68-48-46-65-44-42-63-41-43-64-45-47-67-53-30-33-59(6,34-31-53)57-32-35-60(7)56(28-29-58(60)55(57)9-2)52(5)27-25-26-51(3)4/h13-14,16-17,51-58H,8-12,15,18-50H2,1-7H3/b14-13-,17-16-/t52-,53?,54?,55-,56-,57+,58+,59?,60-/m1/s1. The molecule has 1 saturated heterocycles. The van der Waals surface area contributed by atoms with Crippen LogP contribution in [0.3, 0.4) is 0 Å². The van der Waals surface area contributed by atoms with Crippen LogP contribution < -0.4 is 0 Å². The molecule has 0 radical (unpaired) electrons. The predicted molar refractivity (Wildman–Crippen MR) is 285 cm³/mol. The van der Waals surface area contributed by atoms with Gasteiger partial charge in [-0.15, -0.1) is 0 Å². The van der Waals surface area contributed by atoms with E-state index in [0.717, 1.165) is 87.8 Å². The van der Waals surface area contributed by atoms with Gasteiger partial charge in [0.15, 0.2) is 0 Å². The Kier molecular flexibility index (Phi) is 31.7. The Morgan fingerprint density at radius 2 is 1.24 bits per heavy atom. The summed E-state index contributed by atoms with van der Waals surface area (Å²) in [7, 11) is 0. The summed E-state index contributed by atoms with van der Waals surface area (Å²) in [4.78, 5) is 2.43. The number of nitrogens with zero attached hydrogens (tertiary/aromatic N) is 1. The monoisotopic (exact) mass is 958 g/mol. The van der Waals surface area contributed by atoms with Gasteiger partial charge in [0.25, 0.3) is 0 Å². The summed E-state index contributed by atoms with van der Waals surface area (Å²) in [5.41, 5.74) is 1.03. The van der Waals surface area contributed by atoms with E-state index >= 15 is 0 Å². The summed E-state index contributed by atoms with van der Waals surface area (Å²) in [5, 5.41) is 0. The van der Waals surface area contributed by atoms with E-state index in [2.05, 4.69) is 77.7 Å². The second-order valence-corrected chi connectivity index (χ2v) is 22.9. The van der Waals surface area contributed by atoms with E-state index in [4.69, 9.17) is 33.2 Å². The molecule has 7 atom stereocenters. The van der Waals surface area contributed by atoms with Crippen molar-refractivity contribution < 1.29 is 33.2 Å². The maximum absolute atomic E-state index is 6.39. The van der Waals surface area contributed by atoms with Crippen LogP contribution in [0.25, 0.3) is 0 Å². The SMILES string of the molecule is CCCCC/C=C\C/C=C\CCCCCCCCOCC(CN1CCOCC1)OCCOCCOCCOCCOC1CCC(C)([C@H]2CC[C@]3(C)[C@@H]([C@H](C)CCCC(C)C)CC[C@H]3[C@@H]2CC)CC1. The second kappa shape index (κ2) is 36.1. The third-order valence-corrected chi connectivity index (χ3v) is 17.3. The lowest BCUT2D eigenvalue weighted by Crippen LogP contribution is -2.48. The third kappa shape index (κ3) is 22.9. The van der Waals surface area contributed by atoms with Gasteiger partial charge in [0.1, 0.15) is 0 Å². The topological polar surface area (TPSA) is 67.9 Å². The van der Waals surface area contributed by atoms with Crippen molar-refractivity contribution in [3.8, 4) is 0 Å². The van der Waals surface area contributed by atoms with E-state index in [1.165, 1.54) is 141 Å². The molecule has 0 aromatic rings. The van der Waals surface area contributed by atoms with Crippen LogP contribution in [-0.4, -0.2) is 116 Å². The Morgan fingerprint density at radius 3 is 1.90 bits per heavy atom. The maximum atomic E-state index is 6.39. The smallest absolute Gasteiger partial charge is 0.0936 e. The van der Waals surface area contributed by atoms with Crippen molar-refractivity contribution >= 4 is 0 Å². The first-order chi connectivity index (χ1) is 33.2. The van der Waals surface area contributed by atoms with Crippen molar-refractivity contribution in [3.63, 3.8) is 0 Å². The van der Waals surface area contributed by atoms with Gasteiger partial charge in [-0.1, -0.05) is 137 Å². The fourth-order valence-corrected chi connectivity index (χ4v) is 13.3. The van der Waals surface area contributed by atoms with Crippen molar-refractivity contribution in [1.82, 2.24) is 4.90 Å². The Morgan fingerprint density at radius 1 is 0.603 bits per heavy atom. The van der Waals surface area contributed by atoms with E-state index in [1.54, 1.807) is 0 Å². The van der Waals surface area contributed by atoms with Crippen LogP contribution in [0.15, 0.2) is 24.3 Å². The van der Waals surface area contributed by atoms with Crippen LogP contribution in [0.4, 0.5) is 0 Å². The number of fused-ring (bicyclic) bond motifs is 1. The highest BCUT2D eigenvalue weighted by molar-refractivity contribution is 5.06. The van der Waals surface area contributed by atoms with Gasteiger partial charge in [0.05, 0.1) is 84.9 Å². The summed E-state index contributed by atoms with van der Waals surface area (Å²) in [5.74, 6) is 5.36. The van der Waals surface area contributed by atoms with Crippen LogP contribution in [0.1, 0.15) is 203 Å². The third-order valence-electron chi connectivity index (χ3n) is 17.3. The molecule has 4 fully saturated rings. The molecule has 68 heavy (non-hydrogen) atoms. The highest BCUT2D eigenvalue weighted by Crippen LogP contribution is 2.65. The van der Waals surface area contributed by atoms with E-state index < -0.39 is 0 Å². The molecule has 3 aliphatic carbocycles. The van der Waals surface area contributed by atoms with Crippen molar-refractivity contribution in [1.29, 1.82) is 0 Å². The Bertz CT molecular complexity index is 1260. The summed E-state index contributed by atoms with van der Waals surface area (Å²) in [6.07, 6.45) is 41.4. The molecule has 4 rings (SSSR count). The predicted octanol–water partition coefficient (Wildman–Crippen LogP) is 14.5. The summed E-state index contributed by atoms with van der Waals surface area (Å²) < 4.78 is 41.9. The first-order valence-electron chi connectivity index (χ1n) is 29.3. The van der Waals surface area contributed by atoms with Crippen LogP contribution in [-0.2, 0) is 33.2 Å². The molecule has 8 heteroatoms. The van der Waals surface area contributed by atoms with Crippen LogP contribution >= 0.6 is 0 Å². The van der Waals surface area contributed by atoms with Crippen molar-refractivity contribution in [2.75, 3.05) is 98.9 Å². The molecule has 398 valence electrons. The van der Waals surface area contributed by atoms with Crippen LogP contribution in [0.5, 0.6) is 0 Å². The molecule has 1 heterocycles. The van der Waals surface area contributed by atoms with Crippen LogP contribution in [0.2, 0.25) is 0 Å². The average Bonchev–Trinajstić information content (AvgIpc) is 3.70. The molecule has 8 nitrogen and oxygen atoms in total. The van der Waals surface area contributed by atoms with Crippen molar-refractivity contribution in [2.24, 2.45) is 46.3 Å². The molecular weight excluding hydrogens is 847 g/mol. The highest BCUT2D eigenvalue weighted by atomic mass is 16.6. The van der Waals surface area contributed by atoms with E-state index in [9.17, 15) is 0 Å². The number of unbranched alkanes of at least 4 members (excludes halogenated alkanes) is 9. The fraction of sp³-hybridized carbons (Fsp3) is 0.933. The molecule has 0 aromatic carbocycles. The largest absolute Gasteiger partial charge is 0.379 e. The molecule has 0 spiro atoms. The minimum Gasteiger partial charge on any atom is -0.379 e. The van der Waals surface area contributed by atoms with Crippen LogP contribution in [0, 0.1) is 46.3 Å². The van der Waals surface area contributed by atoms with Crippen molar-refractivity contribution in [2.45, 2.75) is 215 Å². The first kappa shape index (κ1) is 59.7. The molecule has 1 unspecified atom stereocenters. The zero-order valence-electron chi connectivity index (χ0n) is 45.8. The zero-order chi connectivity index (χ0) is 48.6. The average molecular weight is 959 g/mol. The second-order valence-electron chi connectivity index (χ2n) is 22.9. The van der Waals surface area contributed by atoms with E-state index in [1.807, 2.05) is 0 Å². The van der Waals surface area contributed by atoms with Gasteiger partial charge >= 0.3 is 0 Å². The van der Waals surface area contributed by atoms with Gasteiger partial charge in [-0.2, -0.15) is 0 Å². The zero-order valence-corrected chi connectivity index (χ0v) is 45.8. The number of ether oxygens (including phenoxy) is 7. The lowest BCUT2D eigenvalue weighted by molar-refractivity contribution is -0.0851.